The summed E-state index contributed by atoms with van der Waals surface area (Å²) in [5.74, 6) is -1.11. The Labute approximate surface area is 123 Å². The normalized spacial score (nSPS) is 18.9. The number of piperazine rings is 1. The Morgan fingerprint density at radius 2 is 1.67 bits per heavy atom. The highest BCUT2D eigenvalue weighted by atomic mass is 19.1. The molecular weight excluding hydrogens is 278 g/mol. The van der Waals surface area contributed by atoms with Gasteiger partial charge in [-0.15, -0.1) is 0 Å². The lowest BCUT2D eigenvalue weighted by Gasteiger charge is -2.34. The van der Waals surface area contributed by atoms with E-state index in [1.807, 2.05) is 0 Å². The lowest BCUT2D eigenvalue weighted by molar-refractivity contribution is 0.0913. The van der Waals surface area contributed by atoms with Crippen molar-refractivity contribution < 1.29 is 19.0 Å². The maximum Gasteiger partial charge on any atom is 0.129 e. The van der Waals surface area contributed by atoms with Gasteiger partial charge < -0.3 is 15.1 Å². The van der Waals surface area contributed by atoms with Crippen molar-refractivity contribution in [2.24, 2.45) is 0 Å². The topological polar surface area (TPSA) is 46.9 Å². The van der Waals surface area contributed by atoms with Crippen LogP contribution in [0.4, 0.5) is 8.78 Å². The molecule has 2 N–H and O–H groups in total. The van der Waals surface area contributed by atoms with Crippen LogP contribution in [0.3, 0.4) is 0 Å². The fraction of sp³-hybridized carbons (Fsp3) is 0.600. The fourth-order valence-electron chi connectivity index (χ4n) is 2.61. The summed E-state index contributed by atoms with van der Waals surface area (Å²) >= 11 is 0. The predicted octanol–water partition coefficient (Wildman–Crippen LogP) is 0.998. The number of hydrogen-bond donors (Lipinski definition) is 2. The minimum Gasteiger partial charge on any atom is -0.395 e. The summed E-state index contributed by atoms with van der Waals surface area (Å²) in [6.07, 6.45) is -0.614. The minimum atomic E-state index is -0.990. The first kappa shape index (κ1) is 16.3. The first-order valence-electron chi connectivity index (χ1n) is 7.28. The second-order valence-electron chi connectivity index (χ2n) is 5.38. The van der Waals surface area contributed by atoms with E-state index in [4.69, 9.17) is 5.11 Å². The van der Waals surface area contributed by atoms with Crippen LogP contribution in [0.15, 0.2) is 18.2 Å². The summed E-state index contributed by atoms with van der Waals surface area (Å²) < 4.78 is 26.7. The van der Waals surface area contributed by atoms with Gasteiger partial charge in [0.05, 0.1) is 12.7 Å². The van der Waals surface area contributed by atoms with Crippen LogP contribution in [0.1, 0.15) is 18.1 Å². The largest absolute Gasteiger partial charge is 0.395 e. The second-order valence-corrected chi connectivity index (χ2v) is 5.38. The van der Waals surface area contributed by atoms with E-state index in [1.165, 1.54) is 0 Å². The van der Waals surface area contributed by atoms with Gasteiger partial charge in [0.1, 0.15) is 11.6 Å². The van der Waals surface area contributed by atoms with Gasteiger partial charge in [0, 0.05) is 44.8 Å². The van der Waals surface area contributed by atoms with Crippen molar-refractivity contribution in [1.29, 1.82) is 0 Å². The zero-order valence-corrected chi connectivity index (χ0v) is 12.0. The zero-order valence-electron chi connectivity index (χ0n) is 12.0. The van der Waals surface area contributed by atoms with Crippen molar-refractivity contribution in [2.45, 2.75) is 12.5 Å². The molecule has 1 heterocycles. The summed E-state index contributed by atoms with van der Waals surface area (Å²) in [4.78, 5) is 4.37. The minimum absolute atomic E-state index is 0.0221. The molecule has 1 saturated heterocycles. The monoisotopic (exact) mass is 300 g/mol. The third-order valence-corrected chi connectivity index (χ3v) is 3.92. The van der Waals surface area contributed by atoms with Crippen LogP contribution in [-0.4, -0.2) is 65.9 Å². The predicted molar refractivity (Wildman–Crippen MR) is 75.9 cm³/mol. The van der Waals surface area contributed by atoms with E-state index < -0.39 is 17.7 Å². The molecule has 0 spiro atoms. The van der Waals surface area contributed by atoms with Crippen LogP contribution < -0.4 is 0 Å². The number of hydrogen-bond acceptors (Lipinski definition) is 4. The van der Waals surface area contributed by atoms with Crippen molar-refractivity contribution in [1.82, 2.24) is 9.80 Å². The standard InChI is InChI=1S/C15H22F2N2O2/c16-12-1-2-14(17)13(11-12)15(21)3-4-18-5-7-19(8-6-18)9-10-20/h1-2,11,15,20-21H,3-10H2. The number of aliphatic hydroxyl groups excluding tert-OH is 2. The summed E-state index contributed by atoms with van der Waals surface area (Å²) in [6.45, 7) is 4.97. The van der Waals surface area contributed by atoms with Crippen LogP contribution in [-0.2, 0) is 0 Å². The van der Waals surface area contributed by atoms with Gasteiger partial charge in [0.2, 0.25) is 0 Å². The SMILES string of the molecule is OCCN1CCN(CCC(O)c2cc(F)ccc2F)CC1. The maximum atomic E-state index is 13.6. The Kier molecular flexibility index (Phi) is 6.05. The summed E-state index contributed by atoms with van der Waals surface area (Å²) in [6, 6.07) is 3.15. The molecule has 1 aromatic carbocycles. The van der Waals surface area contributed by atoms with E-state index in [0.29, 0.717) is 19.5 Å². The Hall–Kier alpha value is -1.08. The highest BCUT2D eigenvalue weighted by molar-refractivity contribution is 5.21. The molecule has 2 rings (SSSR count). The van der Waals surface area contributed by atoms with Crippen LogP contribution >= 0.6 is 0 Å². The summed E-state index contributed by atoms with van der Waals surface area (Å²) in [7, 11) is 0. The van der Waals surface area contributed by atoms with E-state index in [1.54, 1.807) is 0 Å². The highest BCUT2D eigenvalue weighted by Gasteiger charge is 2.19. The first-order valence-corrected chi connectivity index (χ1v) is 7.28. The molecule has 4 nitrogen and oxygen atoms in total. The van der Waals surface area contributed by atoms with E-state index in [9.17, 15) is 13.9 Å². The van der Waals surface area contributed by atoms with Crippen molar-refractivity contribution in [2.75, 3.05) is 45.9 Å². The molecule has 0 radical (unpaired) electrons. The molecule has 1 aliphatic rings. The van der Waals surface area contributed by atoms with Gasteiger partial charge in [-0.25, -0.2) is 8.78 Å². The van der Waals surface area contributed by atoms with Gasteiger partial charge in [-0.05, 0) is 24.6 Å². The van der Waals surface area contributed by atoms with E-state index in [0.717, 1.165) is 44.4 Å². The third-order valence-electron chi connectivity index (χ3n) is 3.92. The lowest BCUT2D eigenvalue weighted by Crippen LogP contribution is -2.47. The molecule has 0 aliphatic carbocycles. The molecule has 0 bridgehead atoms. The quantitative estimate of drug-likeness (QED) is 0.823. The van der Waals surface area contributed by atoms with Crippen molar-refractivity contribution >= 4 is 0 Å². The highest BCUT2D eigenvalue weighted by Crippen LogP contribution is 2.21. The van der Waals surface area contributed by atoms with E-state index in [2.05, 4.69) is 9.80 Å². The Morgan fingerprint density at radius 1 is 1.05 bits per heavy atom. The molecule has 1 atom stereocenters. The molecule has 1 unspecified atom stereocenters. The van der Waals surface area contributed by atoms with Crippen LogP contribution in [0.2, 0.25) is 0 Å². The van der Waals surface area contributed by atoms with Crippen molar-refractivity contribution in [3.05, 3.63) is 35.4 Å². The number of halogens is 2. The smallest absolute Gasteiger partial charge is 0.129 e. The molecule has 0 aromatic heterocycles. The molecule has 21 heavy (non-hydrogen) atoms. The molecule has 1 fully saturated rings. The number of benzene rings is 1. The maximum absolute atomic E-state index is 13.6. The molecular formula is C15H22F2N2O2. The van der Waals surface area contributed by atoms with Crippen LogP contribution in [0.5, 0.6) is 0 Å². The number of nitrogens with zero attached hydrogens (tertiary/aromatic N) is 2. The first-order chi connectivity index (χ1) is 10.1. The average Bonchev–Trinajstić information content (AvgIpc) is 2.49. The molecule has 1 aliphatic heterocycles. The lowest BCUT2D eigenvalue weighted by atomic mass is 10.1. The zero-order chi connectivity index (χ0) is 15.2. The van der Waals surface area contributed by atoms with Crippen molar-refractivity contribution in [3.63, 3.8) is 0 Å². The summed E-state index contributed by atoms with van der Waals surface area (Å²) in [5, 5.41) is 18.9. The number of rotatable bonds is 6. The third kappa shape index (κ3) is 4.71. The van der Waals surface area contributed by atoms with E-state index >= 15 is 0 Å². The van der Waals surface area contributed by atoms with Crippen LogP contribution in [0.25, 0.3) is 0 Å². The number of aliphatic hydroxyl groups is 2. The average molecular weight is 300 g/mol. The van der Waals surface area contributed by atoms with Gasteiger partial charge in [-0.3, -0.25) is 4.90 Å². The summed E-state index contributed by atoms with van der Waals surface area (Å²) in [5.41, 5.74) is 0.0221. The van der Waals surface area contributed by atoms with Gasteiger partial charge in [-0.2, -0.15) is 0 Å². The van der Waals surface area contributed by atoms with Gasteiger partial charge in [-0.1, -0.05) is 0 Å². The fourth-order valence-corrected chi connectivity index (χ4v) is 2.61. The van der Waals surface area contributed by atoms with Gasteiger partial charge in [0.15, 0.2) is 0 Å². The number of β-amino-alcohol motifs (C(OH)–C–C–N with tert-alkyl or cyclic N) is 1. The Morgan fingerprint density at radius 3 is 2.29 bits per heavy atom. The van der Waals surface area contributed by atoms with Crippen molar-refractivity contribution in [3.8, 4) is 0 Å². The molecule has 6 heteroatoms. The second kappa shape index (κ2) is 7.79. The Bertz CT molecular complexity index is 451. The molecule has 0 amide bonds. The van der Waals surface area contributed by atoms with E-state index in [-0.39, 0.29) is 12.2 Å². The molecule has 1 aromatic rings. The molecule has 118 valence electrons. The van der Waals surface area contributed by atoms with Gasteiger partial charge >= 0.3 is 0 Å². The van der Waals surface area contributed by atoms with Gasteiger partial charge in [0.25, 0.3) is 0 Å². The Balaban J connectivity index is 1.79. The molecule has 0 saturated carbocycles. The van der Waals surface area contributed by atoms with Crippen LogP contribution in [0, 0.1) is 11.6 Å².